The lowest BCUT2D eigenvalue weighted by Crippen LogP contribution is -2.40. The van der Waals surface area contributed by atoms with Gasteiger partial charge in [-0.2, -0.15) is 0 Å². The van der Waals surface area contributed by atoms with Crippen LogP contribution in [-0.4, -0.2) is 51.9 Å². The second-order valence-electron chi connectivity index (χ2n) is 8.19. The first-order valence-electron chi connectivity index (χ1n) is 11.1. The molecule has 0 spiro atoms. The molecule has 3 aromatic rings. The molecule has 0 saturated carbocycles. The van der Waals surface area contributed by atoms with Crippen LogP contribution in [0, 0.1) is 0 Å². The van der Waals surface area contributed by atoms with Gasteiger partial charge >= 0.3 is 5.97 Å². The minimum atomic E-state index is -1.02. The molecule has 33 heavy (non-hydrogen) atoms. The zero-order valence-electron chi connectivity index (χ0n) is 18.7. The number of ether oxygens (including phenoxy) is 1. The molecule has 0 fully saturated rings. The molecule has 3 N–H and O–H groups in total. The third-order valence-corrected chi connectivity index (χ3v) is 5.62. The SMILES string of the molecule is C[C@H](Cc1ccc(OCC(=O)O)cc1)N(C[C@@H](O)c1ccccc1)C[C@@H](O)c1ccccc1. The molecule has 0 heterocycles. The maximum atomic E-state index is 10.8. The second kappa shape index (κ2) is 12.2. The Kier molecular flexibility index (Phi) is 9.01. The number of carboxylic acids is 1. The topological polar surface area (TPSA) is 90.2 Å². The summed E-state index contributed by atoms with van der Waals surface area (Å²) in [5, 5.41) is 30.4. The monoisotopic (exact) mass is 449 g/mol. The first-order chi connectivity index (χ1) is 15.9. The van der Waals surface area contributed by atoms with E-state index in [0.29, 0.717) is 25.3 Å². The average Bonchev–Trinajstić information content (AvgIpc) is 2.84. The summed E-state index contributed by atoms with van der Waals surface area (Å²) in [4.78, 5) is 12.8. The molecule has 3 rings (SSSR count). The Morgan fingerprint density at radius 1 is 0.818 bits per heavy atom. The van der Waals surface area contributed by atoms with Gasteiger partial charge in [0.05, 0.1) is 12.2 Å². The lowest BCUT2D eigenvalue weighted by molar-refractivity contribution is -0.139. The highest BCUT2D eigenvalue weighted by molar-refractivity contribution is 5.68. The number of benzene rings is 3. The fourth-order valence-corrected chi connectivity index (χ4v) is 3.78. The van der Waals surface area contributed by atoms with Crippen molar-refractivity contribution in [2.45, 2.75) is 31.6 Å². The molecule has 174 valence electrons. The van der Waals surface area contributed by atoms with Crippen LogP contribution >= 0.6 is 0 Å². The largest absolute Gasteiger partial charge is 0.482 e. The van der Waals surface area contributed by atoms with Crippen molar-refractivity contribution in [2.75, 3.05) is 19.7 Å². The molecule has 6 nitrogen and oxygen atoms in total. The molecule has 3 atom stereocenters. The van der Waals surface area contributed by atoms with Crippen molar-refractivity contribution in [3.05, 3.63) is 102 Å². The number of aliphatic carboxylic acids is 1. The quantitative estimate of drug-likeness (QED) is 0.389. The van der Waals surface area contributed by atoms with Crippen molar-refractivity contribution in [1.29, 1.82) is 0 Å². The van der Waals surface area contributed by atoms with Crippen LogP contribution in [-0.2, 0) is 11.2 Å². The third kappa shape index (κ3) is 7.71. The predicted octanol–water partition coefficient (Wildman–Crippen LogP) is 3.85. The Hall–Kier alpha value is -3.19. The van der Waals surface area contributed by atoms with E-state index >= 15 is 0 Å². The summed E-state index contributed by atoms with van der Waals surface area (Å²) in [6, 6.07) is 26.4. The van der Waals surface area contributed by atoms with Crippen LogP contribution in [0.4, 0.5) is 0 Å². The van der Waals surface area contributed by atoms with Gasteiger partial charge in [0.15, 0.2) is 6.61 Å². The average molecular weight is 450 g/mol. The lowest BCUT2D eigenvalue weighted by Gasteiger charge is -2.33. The van der Waals surface area contributed by atoms with Crippen molar-refractivity contribution in [3.63, 3.8) is 0 Å². The number of rotatable bonds is 12. The summed E-state index contributed by atoms with van der Waals surface area (Å²) < 4.78 is 5.20. The molecule has 0 unspecified atom stereocenters. The Labute approximate surface area is 194 Å². The fourth-order valence-electron chi connectivity index (χ4n) is 3.78. The number of carboxylic acid groups (broad SMARTS) is 1. The molecule has 0 bridgehead atoms. The summed E-state index contributed by atoms with van der Waals surface area (Å²) >= 11 is 0. The molecular formula is C27H31NO5. The van der Waals surface area contributed by atoms with Crippen LogP contribution in [0.1, 0.15) is 35.8 Å². The smallest absolute Gasteiger partial charge is 0.341 e. The van der Waals surface area contributed by atoms with Crippen molar-refractivity contribution in [2.24, 2.45) is 0 Å². The zero-order chi connectivity index (χ0) is 23.6. The van der Waals surface area contributed by atoms with Gasteiger partial charge in [-0.25, -0.2) is 4.79 Å². The van der Waals surface area contributed by atoms with Crippen molar-refractivity contribution >= 4 is 5.97 Å². The number of nitrogens with zero attached hydrogens (tertiary/aromatic N) is 1. The number of hydrogen-bond acceptors (Lipinski definition) is 5. The Morgan fingerprint density at radius 2 is 1.30 bits per heavy atom. The molecule has 0 aliphatic carbocycles. The molecular weight excluding hydrogens is 418 g/mol. The van der Waals surface area contributed by atoms with Gasteiger partial charge in [-0.05, 0) is 42.2 Å². The van der Waals surface area contributed by atoms with E-state index in [1.807, 2.05) is 72.8 Å². The standard InChI is InChI=1S/C27H31NO5/c1-20(16-21-12-14-24(15-13-21)33-19-27(31)32)28(17-25(29)22-8-4-2-5-9-22)18-26(30)23-10-6-3-7-11-23/h2-15,20,25-26,29-30H,16-19H2,1H3,(H,31,32)/t20-,25-,26-/m1/s1. The molecule has 0 aromatic heterocycles. The first kappa shape index (κ1) is 24.5. The highest BCUT2D eigenvalue weighted by Crippen LogP contribution is 2.22. The van der Waals surface area contributed by atoms with Crippen molar-refractivity contribution in [3.8, 4) is 5.75 Å². The second-order valence-corrected chi connectivity index (χ2v) is 8.19. The van der Waals surface area contributed by atoms with E-state index in [4.69, 9.17) is 9.84 Å². The summed E-state index contributed by atoms with van der Waals surface area (Å²) in [5.41, 5.74) is 2.73. The van der Waals surface area contributed by atoms with E-state index in [2.05, 4.69) is 11.8 Å². The maximum Gasteiger partial charge on any atom is 0.341 e. The molecule has 0 aliphatic heterocycles. The number of hydrogen-bond donors (Lipinski definition) is 3. The molecule has 0 amide bonds. The van der Waals surface area contributed by atoms with E-state index in [1.54, 1.807) is 12.1 Å². The molecule has 0 saturated heterocycles. The predicted molar refractivity (Wildman–Crippen MR) is 127 cm³/mol. The normalized spacial score (nSPS) is 13.9. The third-order valence-electron chi connectivity index (χ3n) is 5.62. The van der Waals surface area contributed by atoms with Gasteiger partial charge in [0.1, 0.15) is 5.75 Å². The lowest BCUT2D eigenvalue weighted by atomic mass is 10.0. The number of aliphatic hydroxyl groups is 2. The fraction of sp³-hybridized carbons (Fsp3) is 0.296. The minimum absolute atomic E-state index is 0.0347. The Bertz CT molecular complexity index is 931. The Morgan fingerprint density at radius 3 is 1.76 bits per heavy atom. The van der Waals surface area contributed by atoms with Gasteiger partial charge in [-0.1, -0.05) is 72.8 Å². The van der Waals surface area contributed by atoms with Crippen LogP contribution in [0.2, 0.25) is 0 Å². The van der Waals surface area contributed by atoms with Crippen molar-refractivity contribution < 1.29 is 24.9 Å². The van der Waals surface area contributed by atoms with Gasteiger partial charge in [0.2, 0.25) is 0 Å². The van der Waals surface area contributed by atoms with Gasteiger partial charge in [-0.15, -0.1) is 0 Å². The molecule has 6 heteroatoms. The maximum absolute atomic E-state index is 10.8. The van der Waals surface area contributed by atoms with E-state index < -0.39 is 18.2 Å². The summed E-state index contributed by atoms with van der Waals surface area (Å²) in [7, 11) is 0. The van der Waals surface area contributed by atoms with E-state index in [0.717, 1.165) is 16.7 Å². The van der Waals surface area contributed by atoms with Gasteiger partial charge < -0.3 is 20.1 Å². The van der Waals surface area contributed by atoms with Crippen LogP contribution < -0.4 is 4.74 Å². The number of aliphatic hydroxyl groups excluding tert-OH is 2. The summed E-state index contributed by atoms with van der Waals surface area (Å²) in [6.45, 7) is 2.46. The van der Waals surface area contributed by atoms with Crippen LogP contribution in [0.5, 0.6) is 5.75 Å². The summed E-state index contributed by atoms with van der Waals surface area (Å²) in [6.07, 6.45) is -0.658. The van der Waals surface area contributed by atoms with Crippen LogP contribution in [0.3, 0.4) is 0 Å². The minimum Gasteiger partial charge on any atom is -0.482 e. The molecule has 0 radical (unpaired) electrons. The first-order valence-corrected chi connectivity index (χ1v) is 11.1. The van der Waals surface area contributed by atoms with Crippen LogP contribution in [0.25, 0.3) is 0 Å². The molecule has 0 aliphatic rings. The van der Waals surface area contributed by atoms with Crippen LogP contribution in [0.15, 0.2) is 84.9 Å². The highest BCUT2D eigenvalue weighted by Gasteiger charge is 2.22. The van der Waals surface area contributed by atoms with Gasteiger partial charge in [0, 0.05) is 19.1 Å². The van der Waals surface area contributed by atoms with Crippen molar-refractivity contribution in [1.82, 2.24) is 4.90 Å². The number of carbonyl (C=O) groups is 1. The van der Waals surface area contributed by atoms with Gasteiger partial charge in [0.25, 0.3) is 0 Å². The molecule has 3 aromatic carbocycles. The van der Waals surface area contributed by atoms with E-state index in [9.17, 15) is 15.0 Å². The summed E-state index contributed by atoms with van der Waals surface area (Å²) in [5.74, 6) is -0.512. The van der Waals surface area contributed by atoms with E-state index in [-0.39, 0.29) is 12.6 Å². The van der Waals surface area contributed by atoms with E-state index in [1.165, 1.54) is 0 Å². The Balaban J connectivity index is 1.70. The highest BCUT2D eigenvalue weighted by atomic mass is 16.5. The zero-order valence-corrected chi connectivity index (χ0v) is 18.7. The van der Waals surface area contributed by atoms with Gasteiger partial charge in [-0.3, -0.25) is 4.90 Å².